The van der Waals surface area contributed by atoms with Crippen LogP contribution in [0.25, 0.3) is 11.5 Å². The molecule has 8 heteroatoms. The van der Waals surface area contributed by atoms with Crippen LogP contribution in [0.2, 0.25) is 0 Å². The first-order chi connectivity index (χ1) is 12.1. The molecule has 1 unspecified atom stereocenters. The molecule has 2 amide bonds. The van der Waals surface area contributed by atoms with Crippen molar-refractivity contribution in [2.75, 3.05) is 11.9 Å². The van der Waals surface area contributed by atoms with E-state index in [9.17, 15) is 14.3 Å². The van der Waals surface area contributed by atoms with Gasteiger partial charge in [-0.1, -0.05) is 18.5 Å². The van der Waals surface area contributed by atoms with Crippen LogP contribution in [-0.4, -0.2) is 33.9 Å². The number of carbonyl (C=O) groups excluding carboxylic acids is 1. The van der Waals surface area contributed by atoms with Crippen molar-refractivity contribution in [1.82, 2.24) is 15.5 Å². The van der Waals surface area contributed by atoms with Crippen molar-refractivity contribution in [3.8, 4) is 11.5 Å². The molecule has 1 aromatic heterocycles. The average molecular weight is 348 g/mol. The first kappa shape index (κ1) is 17.3. The van der Waals surface area contributed by atoms with Crippen molar-refractivity contribution in [2.24, 2.45) is 0 Å². The number of hydrogen-bond donors (Lipinski definition) is 3. The molecule has 0 bridgehead atoms. The number of amides is 2. The van der Waals surface area contributed by atoms with E-state index in [0.717, 1.165) is 19.3 Å². The summed E-state index contributed by atoms with van der Waals surface area (Å²) in [7, 11) is 0. The standard InChI is InChI=1S/C17H21FN4O3/c1-2-3-12(23)9-19-17(24)20-14-7-6-11(18)8-13(14)16-21-15(22-25-16)10-4-5-10/h6-8,10,12,23H,2-5,9H2,1H3,(H2,19,20,24). The van der Waals surface area contributed by atoms with Gasteiger partial charge < -0.3 is 20.3 Å². The number of carbonyl (C=O) groups is 1. The Morgan fingerprint density at radius 3 is 3.00 bits per heavy atom. The molecule has 7 nitrogen and oxygen atoms in total. The van der Waals surface area contributed by atoms with Gasteiger partial charge in [-0.05, 0) is 37.5 Å². The van der Waals surface area contributed by atoms with Crippen molar-refractivity contribution in [2.45, 2.75) is 44.6 Å². The number of anilines is 1. The van der Waals surface area contributed by atoms with E-state index in [2.05, 4.69) is 20.8 Å². The molecule has 1 heterocycles. The highest BCUT2D eigenvalue weighted by Crippen LogP contribution is 2.39. The lowest BCUT2D eigenvalue weighted by Gasteiger charge is -2.13. The van der Waals surface area contributed by atoms with Gasteiger partial charge in [-0.2, -0.15) is 4.98 Å². The number of aromatic nitrogens is 2. The van der Waals surface area contributed by atoms with Gasteiger partial charge in [-0.15, -0.1) is 0 Å². The van der Waals surface area contributed by atoms with Crippen molar-refractivity contribution < 1.29 is 18.8 Å². The van der Waals surface area contributed by atoms with Gasteiger partial charge in [0.25, 0.3) is 5.89 Å². The zero-order valence-electron chi connectivity index (χ0n) is 14.0. The van der Waals surface area contributed by atoms with E-state index in [1.807, 2.05) is 6.92 Å². The monoisotopic (exact) mass is 348 g/mol. The highest BCUT2D eigenvalue weighted by molar-refractivity contribution is 5.93. The summed E-state index contributed by atoms with van der Waals surface area (Å²) >= 11 is 0. The molecule has 25 heavy (non-hydrogen) atoms. The minimum Gasteiger partial charge on any atom is -0.391 e. The van der Waals surface area contributed by atoms with Gasteiger partial charge in [-0.3, -0.25) is 0 Å². The van der Waals surface area contributed by atoms with Gasteiger partial charge >= 0.3 is 6.03 Å². The molecule has 0 saturated heterocycles. The lowest BCUT2D eigenvalue weighted by molar-refractivity contribution is 0.162. The molecule has 2 aromatic rings. The Balaban J connectivity index is 1.71. The summed E-state index contributed by atoms with van der Waals surface area (Å²) in [5.74, 6) is 0.622. The van der Waals surface area contributed by atoms with Crippen LogP contribution in [0.15, 0.2) is 22.7 Å². The molecule has 3 N–H and O–H groups in total. The molecule has 1 aliphatic carbocycles. The van der Waals surface area contributed by atoms with Crippen LogP contribution < -0.4 is 10.6 Å². The van der Waals surface area contributed by atoms with E-state index in [1.54, 1.807) is 0 Å². The molecule has 0 radical (unpaired) electrons. The molecule has 1 aromatic carbocycles. The van der Waals surface area contributed by atoms with E-state index in [0.29, 0.717) is 29.4 Å². The maximum absolute atomic E-state index is 13.6. The van der Waals surface area contributed by atoms with E-state index in [4.69, 9.17) is 4.52 Å². The van der Waals surface area contributed by atoms with Crippen LogP contribution >= 0.6 is 0 Å². The largest absolute Gasteiger partial charge is 0.391 e. The quantitative estimate of drug-likeness (QED) is 0.714. The van der Waals surface area contributed by atoms with Crippen LogP contribution in [0.1, 0.15) is 44.3 Å². The molecule has 1 fully saturated rings. The number of urea groups is 1. The summed E-state index contributed by atoms with van der Waals surface area (Å²) in [5.41, 5.74) is 0.679. The third kappa shape index (κ3) is 4.54. The van der Waals surface area contributed by atoms with Gasteiger partial charge in [0.15, 0.2) is 5.82 Å². The van der Waals surface area contributed by atoms with Gasteiger partial charge in [0, 0.05) is 12.5 Å². The minimum absolute atomic E-state index is 0.141. The summed E-state index contributed by atoms with van der Waals surface area (Å²) < 4.78 is 18.9. The highest BCUT2D eigenvalue weighted by atomic mass is 19.1. The number of nitrogens with zero attached hydrogens (tertiary/aromatic N) is 2. The van der Waals surface area contributed by atoms with Gasteiger partial charge in [0.2, 0.25) is 0 Å². The molecule has 3 rings (SSSR count). The summed E-state index contributed by atoms with van der Waals surface area (Å²) in [4.78, 5) is 16.3. The fourth-order valence-corrected chi connectivity index (χ4v) is 2.47. The van der Waals surface area contributed by atoms with Crippen LogP contribution in [0.3, 0.4) is 0 Å². The molecule has 0 aliphatic heterocycles. The van der Waals surface area contributed by atoms with Crippen LogP contribution in [-0.2, 0) is 0 Å². The summed E-state index contributed by atoms with van der Waals surface area (Å²) in [5, 5.41) is 18.8. The van der Waals surface area contributed by atoms with Crippen molar-refractivity contribution in [1.29, 1.82) is 0 Å². The predicted molar refractivity (Wildman–Crippen MR) is 89.6 cm³/mol. The first-order valence-electron chi connectivity index (χ1n) is 8.43. The number of aliphatic hydroxyl groups excluding tert-OH is 1. The van der Waals surface area contributed by atoms with Crippen molar-refractivity contribution in [3.05, 3.63) is 29.8 Å². The normalized spacial score (nSPS) is 15.0. The Morgan fingerprint density at radius 2 is 2.28 bits per heavy atom. The third-order valence-corrected chi connectivity index (χ3v) is 3.96. The fourth-order valence-electron chi connectivity index (χ4n) is 2.47. The molecular weight excluding hydrogens is 327 g/mol. The number of rotatable bonds is 7. The number of halogens is 1. The summed E-state index contributed by atoms with van der Waals surface area (Å²) in [6, 6.07) is 3.42. The molecule has 0 spiro atoms. The van der Waals surface area contributed by atoms with Gasteiger partial charge in [0.05, 0.1) is 17.4 Å². The fraction of sp³-hybridized carbons (Fsp3) is 0.471. The molecule has 1 aliphatic rings. The second kappa shape index (κ2) is 7.60. The topological polar surface area (TPSA) is 100 Å². The van der Waals surface area contributed by atoms with Crippen LogP contribution in [0.4, 0.5) is 14.9 Å². The second-order valence-corrected chi connectivity index (χ2v) is 6.20. The Labute approximate surface area is 144 Å². The van der Waals surface area contributed by atoms with Crippen molar-refractivity contribution >= 4 is 11.7 Å². The lowest BCUT2D eigenvalue weighted by Crippen LogP contribution is -2.35. The zero-order chi connectivity index (χ0) is 17.8. The van der Waals surface area contributed by atoms with Gasteiger partial charge in [0.1, 0.15) is 5.82 Å². The van der Waals surface area contributed by atoms with Gasteiger partial charge in [-0.25, -0.2) is 9.18 Å². The van der Waals surface area contributed by atoms with Crippen molar-refractivity contribution in [3.63, 3.8) is 0 Å². The van der Waals surface area contributed by atoms with E-state index in [-0.39, 0.29) is 12.4 Å². The minimum atomic E-state index is -0.597. The molecular formula is C17H21FN4O3. The van der Waals surface area contributed by atoms with Crippen LogP contribution in [0.5, 0.6) is 0 Å². The lowest BCUT2D eigenvalue weighted by atomic mass is 10.1. The smallest absolute Gasteiger partial charge is 0.319 e. The Morgan fingerprint density at radius 1 is 1.48 bits per heavy atom. The van der Waals surface area contributed by atoms with Crippen LogP contribution in [0, 0.1) is 5.82 Å². The Bertz CT molecular complexity index is 745. The average Bonchev–Trinajstić information content (AvgIpc) is 3.32. The molecule has 1 saturated carbocycles. The number of benzene rings is 1. The second-order valence-electron chi connectivity index (χ2n) is 6.20. The maximum Gasteiger partial charge on any atom is 0.319 e. The third-order valence-electron chi connectivity index (χ3n) is 3.96. The highest BCUT2D eigenvalue weighted by Gasteiger charge is 2.29. The SMILES string of the molecule is CCCC(O)CNC(=O)Nc1ccc(F)cc1-c1nc(C2CC2)no1. The molecule has 1 atom stereocenters. The van der Waals surface area contributed by atoms with E-state index >= 15 is 0 Å². The predicted octanol–water partition coefficient (Wildman–Crippen LogP) is 3.04. The Kier molecular flexibility index (Phi) is 5.28. The molecule has 134 valence electrons. The summed E-state index contributed by atoms with van der Waals surface area (Å²) in [6.45, 7) is 2.09. The number of aliphatic hydroxyl groups is 1. The first-order valence-corrected chi connectivity index (χ1v) is 8.43. The zero-order valence-corrected chi connectivity index (χ0v) is 14.0. The number of hydrogen-bond acceptors (Lipinski definition) is 5. The maximum atomic E-state index is 13.6. The summed E-state index contributed by atoms with van der Waals surface area (Å²) in [6.07, 6.45) is 2.88. The Hall–Kier alpha value is -2.48. The van der Waals surface area contributed by atoms with E-state index < -0.39 is 18.0 Å². The van der Waals surface area contributed by atoms with E-state index in [1.165, 1.54) is 18.2 Å². The number of nitrogens with one attached hydrogen (secondary N) is 2.